The summed E-state index contributed by atoms with van der Waals surface area (Å²) in [6.07, 6.45) is 3.25. The van der Waals surface area contributed by atoms with Crippen molar-refractivity contribution in [3.8, 4) is 0 Å². The molecule has 0 saturated carbocycles. The number of aromatic nitrogens is 2. The Labute approximate surface area is 137 Å². The summed E-state index contributed by atoms with van der Waals surface area (Å²) >= 11 is 1.45. The van der Waals surface area contributed by atoms with E-state index in [0.29, 0.717) is 29.9 Å². The van der Waals surface area contributed by atoms with Crippen LogP contribution in [-0.2, 0) is 15.2 Å². The summed E-state index contributed by atoms with van der Waals surface area (Å²) in [5.74, 6) is 1.26. The zero-order valence-corrected chi connectivity index (χ0v) is 13.4. The van der Waals surface area contributed by atoms with Crippen molar-refractivity contribution in [2.45, 2.75) is 23.1 Å². The standard InChI is InChI=1S/C15H17N3O4S/c1-20-13-8-21-7-11(13)18-14(19)12-4-3-10(22-12)9-23-15-16-5-2-6-17-15/h2-6,11,13H,7-9H2,1H3,(H,18,19)/t11-,13-/m0/s1. The number of carbonyl (C=O) groups excluding carboxylic acids is 1. The second-order valence-corrected chi connectivity index (χ2v) is 5.92. The highest BCUT2D eigenvalue weighted by Gasteiger charge is 2.30. The molecule has 0 aromatic carbocycles. The minimum absolute atomic E-state index is 0.126. The van der Waals surface area contributed by atoms with Crippen molar-refractivity contribution in [1.29, 1.82) is 0 Å². The molecule has 8 heteroatoms. The van der Waals surface area contributed by atoms with Crippen LogP contribution in [-0.4, -0.2) is 48.3 Å². The second-order valence-electron chi connectivity index (χ2n) is 4.98. The van der Waals surface area contributed by atoms with Crippen LogP contribution in [0.25, 0.3) is 0 Å². The third-order valence-corrected chi connectivity index (χ3v) is 4.32. The van der Waals surface area contributed by atoms with Gasteiger partial charge in [-0.1, -0.05) is 11.8 Å². The molecular weight excluding hydrogens is 318 g/mol. The SMILES string of the molecule is CO[C@H]1COC[C@@H]1NC(=O)c1ccc(CSc2ncccn2)o1. The van der Waals surface area contributed by atoms with Gasteiger partial charge in [0, 0.05) is 19.5 Å². The summed E-state index contributed by atoms with van der Waals surface area (Å²) < 4.78 is 16.1. The lowest BCUT2D eigenvalue weighted by atomic mass is 10.2. The van der Waals surface area contributed by atoms with E-state index in [1.807, 2.05) is 0 Å². The van der Waals surface area contributed by atoms with Gasteiger partial charge in [0.1, 0.15) is 11.9 Å². The molecule has 0 spiro atoms. The number of nitrogens with zero attached hydrogens (tertiary/aromatic N) is 2. The third-order valence-electron chi connectivity index (χ3n) is 3.42. The molecule has 2 aromatic rings. The van der Waals surface area contributed by atoms with Gasteiger partial charge in [0.25, 0.3) is 5.91 Å². The molecular formula is C15H17N3O4S. The van der Waals surface area contributed by atoms with Gasteiger partial charge >= 0.3 is 0 Å². The molecule has 122 valence electrons. The molecule has 1 aliphatic heterocycles. The highest BCUT2D eigenvalue weighted by Crippen LogP contribution is 2.20. The van der Waals surface area contributed by atoms with E-state index >= 15 is 0 Å². The molecule has 3 heterocycles. The molecule has 1 saturated heterocycles. The topological polar surface area (TPSA) is 86.5 Å². The molecule has 0 unspecified atom stereocenters. The number of nitrogens with one attached hydrogen (secondary N) is 1. The molecule has 1 aliphatic rings. The van der Waals surface area contributed by atoms with Gasteiger partial charge in [0.15, 0.2) is 10.9 Å². The molecule has 0 bridgehead atoms. The molecule has 1 N–H and O–H groups in total. The van der Waals surface area contributed by atoms with Crippen LogP contribution in [0.4, 0.5) is 0 Å². The van der Waals surface area contributed by atoms with Crippen LogP contribution in [0.2, 0.25) is 0 Å². The van der Waals surface area contributed by atoms with E-state index in [0.717, 1.165) is 0 Å². The van der Waals surface area contributed by atoms with Gasteiger partial charge in [-0.15, -0.1) is 0 Å². The van der Waals surface area contributed by atoms with Gasteiger partial charge in [-0.3, -0.25) is 4.79 Å². The molecule has 1 fully saturated rings. The predicted octanol–water partition coefficient (Wildman–Crippen LogP) is 1.51. The zero-order chi connectivity index (χ0) is 16.1. The summed E-state index contributed by atoms with van der Waals surface area (Å²) in [7, 11) is 1.60. The normalized spacial score (nSPS) is 20.6. The molecule has 0 radical (unpaired) electrons. The van der Waals surface area contributed by atoms with Crippen LogP contribution < -0.4 is 5.32 Å². The Morgan fingerprint density at radius 3 is 3.00 bits per heavy atom. The Kier molecular flexibility index (Phi) is 5.27. The molecule has 2 atom stereocenters. The predicted molar refractivity (Wildman–Crippen MR) is 83.2 cm³/mol. The zero-order valence-electron chi connectivity index (χ0n) is 12.6. The van der Waals surface area contributed by atoms with Gasteiger partial charge in [0.2, 0.25) is 0 Å². The fraction of sp³-hybridized carbons (Fsp3) is 0.400. The average Bonchev–Trinajstić information content (AvgIpc) is 3.23. The van der Waals surface area contributed by atoms with Crippen LogP contribution in [0.15, 0.2) is 40.2 Å². The first-order valence-corrected chi connectivity index (χ1v) is 8.15. The second kappa shape index (κ2) is 7.58. The average molecular weight is 335 g/mol. The fourth-order valence-electron chi connectivity index (χ4n) is 2.21. The minimum atomic E-state index is -0.269. The van der Waals surface area contributed by atoms with Gasteiger partial charge in [-0.25, -0.2) is 9.97 Å². The van der Waals surface area contributed by atoms with Crippen LogP contribution in [0, 0.1) is 0 Å². The van der Waals surface area contributed by atoms with E-state index < -0.39 is 0 Å². The van der Waals surface area contributed by atoms with Crippen molar-refractivity contribution >= 4 is 17.7 Å². The smallest absolute Gasteiger partial charge is 0.287 e. The first kappa shape index (κ1) is 16.0. The van der Waals surface area contributed by atoms with E-state index in [4.69, 9.17) is 13.9 Å². The Bertz CT molecular complexity index is 649. The van der Waals surface area contributed by atoms with Crippen molar-refractivity contribution in [3.05, 3.63) is 42.1 Å². The highest BCUT2D eigenvalue weighted by atomic mass is 32.2. The van der Waals surface area contributed by atoms with Gasteiger partial charge in [-0.2, -0.15) is 0 Å². The number of thioether (sulfide) groups is 1. The quantitative estimate of drug-likeness (QED) is 0.632. The molecule has 1 amide bonds. The summed E-state index contributed by atoms with van der Waals surface area (Å²) in [4.78, 5) is 20.5. The van der Waals surface area contributed by atoms with Gasteiger partial charge < -0.3 is 19.2 Å². The number of amides is 1. The molecule has 7 nitrogen and oxygen atoms in total. The molecule has 3 rings (SSSR count). The maximum atomic E-state index is 12.2. The number of carbonyl (C=O) groups is 1. The van der Waals surface area contributed by atoms with Crippen LogP contribution >= 0.6 is 11.8 Å². The molecule has 23 heavy (non-hydrogen) atoms. The molecule has 0 aliphatic carbocycles. The van der Waals surface area contributed by atoms with Crippen LogP contribution in [0.5, 0.6) is 0 Å². The van der Waals surface area contributed by atoms with Crippen molar-refractivity contribution in [3.63, 3.8) is 0 Å². The maximum absolute atomic E-state index is 12.2. The monoisotopic (exact) mass is 335 g/mol. The minimum Gasteiger partial charge on any atom is -0.455 e. The van der Waals surface area contributed by atoms with E-state index in [9.17, 15) is 4.79 Å². The summed E-state index contributed by atoms with van der Waals surface area (Å²) in [6, 6.07) is 5.05. The Balaban J connectivity index is 1.55. The van der Waals surface area contributed by atoms with Gasteiger partial charge in [-0.05, 0) is 18.2 Å². The number of hydrogen-bond acceptors (Lipinski definition) is 7. The lowest BCUT2D eigenvalue weighted by Gasteiger charge is -2.16. The fourth-order valence-corrected chi connectivity index (χ4v) is 2.91. The van der Waals surface area contributed by atoms with Crippen molar-refractivity contribution < 1.29 is 18.7 Å². The largest absolute Gasteiger partial charge is 0.455 e. The number of methoxy groups -OCH3 is 1. The Morgan fingerprint density at radius 1 is 1.39 bits per heavy atom. The van der Waals surface area contributed by atoms with E-state index in [-0.39, 0.29) is 23.8 Å². The van der Waals surface area contributed by atoms with Crippen molar-refractivity contribution in [1.82, 2.24) is 15.3 Å². The lowest BCUT2D eigenvalue weighted by Crippen LogP contribution is -2.43. The van der Waals surface area contributed by atoms with E-state index in [1.54, 1.807) is 37.7 Å². The first-order valence-electron chi connectivity index (χ1n) is 7.16. The van der Waals surface area contributed by atoms with Crippen molar-refractivity contribution in [2.24, 2.45) is 0 Å². The Hall–Kier alpha value is -1.90. The van der Waals surface area contributed by atoms with E-state index in [2.05, 4.69) is 15.3 Å². The summed E-state index contributed by atoms with van der Waals surface area (Å²) in [5.41, 5.74) is 0. The number of hydrogen-bond donors (Lipinski definition) is 1. The number of furan rings is 1. The molecule has 2 aromatic heterocycles. The van der Waals surface area contributed by atoms with Crippen molar-refractivity contribution in [2.75, 3.05) is 20.3 Å². The van der Waals surface area contributed by atoms with Gasteiger partial charge in [0.05, 0.1) is 25.0 Å². The highest BCUT2D eigenvalue weighted by molar-refractivity contribution is 7.98. The van der Waals surface area contributed by atoms with E-state index in [1.165, 1.54) is 11.8 Å². The third kappa shape index (κ3) is 4.10. The Morgan fingerprint density at radius 2 is 2.22 bits per heavy atom. The lowest BCUT2D eigenvalue weighted by molar-refractivity contribution is 0.0676. The number of ether oxygens (including phenoxy) is 2. The summed E-state index contributed by atoms with van der Waals surface area (Å²) in [6.45, 7) is 0.928. The van der Waals surface area contributed by atoms with Crippen LogP contribution in [0.3, 0.4) is 0 Å². The summed E-state index contributed by atoms with van der Waals surface area (Å²) in [5, 5.41) is 3.54. The van der Waals surface area contributed by atoms with Crippen LogP contribution in [0.1, 0.15) is 16.3 Å². The first-order chi connectivity index (χ1) is 11.3. The number of rotatable bonds is 6. The maximum Gasteiger partial charge on any atom is 0.287 e.